The second-order valence-corrected chi connectivity index (χ2v) is 11.8. The number of carbonyl (C=O) groups is 1. The van der Waals surface area contributed by atoms with Gasteiger partial charge in [0.2, 0.25) is 5.84 Å². The number of carbonyl (C=O) groups excluding carboxylic acids is 1. The molecule has 42 heavy (non-hydrogen) atoms. The Bertz CT molecular complexity index is 1040. The fourth-order valence-corrected chi connectivity index (χ4v) is 4.99. The van der Waals surface area contributed by atoms with Crippen LogP contribution in [0.25, 0.3) is 0 Å². The van der Waals surface area contributed by atoms with Gasteiger partial charge in [0.1, 0.15) is 17.2 Å². The van der Waals surface area contributed by atoms with Gasteiger partial charge in [-0.25, -0.2) is 4.99 Å². The molecule has 1 aromatic rings. The van der Waals surface area contributed by atoms with E-state index in [0.29, 0.717) is 22.8 Å². The largest absolute Gasteiger partial charge is 1.00 e. The van der Waals surface area contributed by atoms with Crippen molar-refractivity contribution in [1.29, 1.82) is 0 Å². The second kappa shape index (κ2) is 18.8. The Morgan fingerprint density at radius 2 is 1.36 bits per heavy atom. The topological polar surface area (TPSA) is 74.2 Å². The summed E-state index contributed by atoms with van der Waals surface area (Å²) >= 11 is 0. The van der Waals surface area contributed by atoms with Crippen LogP contribution in [0.5, 0.6) is 11.5 Å². The molecule has 0 unspecified atom stereocenters. The molecule has 10 heteroatoms. The minimum Gasteiger partial charge on any atom is -0.876 e. The number of aliphatic imine (C=N–C) groups is 1. The average molecular weight is 605 g/mol. The predicted molar refractivity (Wildman–Crippen MR) is 157 cm³/mol. The number of halogens is 3. The van der Waals surface area contributed by atoms with Crippen molar-refractivity contribution in [1.82, 2.24) is 0 Å². The molecule has 0 radical (unpaired) electrons. The number of ether oxygens (including phenoxy) is 2. The molecule has 1 aliphatic heterocycles. The molecule has 1 aromatic carbocycles. The Morgan fingerprint density at radius 3 is 1.79 bits per heavy atom. The number of hydrogen-bond donors (Lipinski definition) is 0. The van der Waals surface area contributed by atoms with Crippen molar-refractivity contribution in [2.75, 3.05) is 18.6 Å². The maximum atomic E-state index is 13.7. The molecule has 232 valence electrons. The first-order valence-electron chi connectivity index (χ1n) is 15.1. The fourth-order valence-electron chi connectivity index (χ4n) is 4.99. The number of methoxy groups -OCH3 is 1. The summed E-state index contributed by atoms with van der Waals surface area (Å²) in [5, 5.41) is 11.2. The van der Waals surface area contributed by atoms with Crippen LogP contribution in [0.15, 0.2) is 29.1 Å². The molecule has 0 aliphatic carbocycles. The van der Waals surface area contributed by atoms with Gasteiger partial charge in [-0.1, -0.05) is 111 Å². The van der Waals surface area contributed by atoms with Crippen LogP contribution < -0.4 is 49.0 Å². The summed E-state index contributed by atoms with van der Waals surface area (Å²) in [4.78, 5) is 16.3. The van der Waals surface area contributed by atoms with E-state index in [2.05, 4.69) is 11.9 Å². The Labute approximate surface area is 272 Å². The van der Waals surface area contributed by atoms with Gasteiger partial charge in [0.05, 0.1) is 19.4 Å². The van der Waals surface area contributed by atoms with E-state index in [9.17, 15) is 23.1 Å². The molecule has 0 bridgehead atoms. The van der Waals surface area contributed by atoms with Crippen molar-refractivity contribution >= 4 is 17.4 Å². The zero-order chi connectivity index (χ0) is 30.5. The van der Waals surface area contributed by atoms with Crippen molar-refractivity contribution < 1.29 is 62.1 Å². The number of amidine groups is 1. The first kappa shape index (κ1) is 38.3. The van der Waals surface area contributed by atoms with E-state index >= 15 is 0 Å². The molecule has 0 aromatic heterocycles. The molecule has 6 nitrogen and oxygen atoms in total. The van der Waals surface area contributed by atoms with E-state index in [0.717, 1.165) is 19.3 Å². The standard InChI is InChI=1S/C32H49F3N2O4.Na/c1-6-7-8-9-10-11-12-13-14-15-16-17-18-19-20-41-27-22-28(40-5)26(21-24(27)31(2,3)4)37-29(39)25(23-38)36-30(37)32(33,34)35;/h21-23,38H,6-20H2,1-5H3;/q;+1/p-1/b25-23+;. The van der Waals surface area contributed by atoms with E-state index in [1.807, 2.05) is 20.8 Å². The normalized spacial score (nSPS) is 14.8. The van der Waals surface area contributed by atoms with Crippen LogP contribution in [-0.2, 0) is 10.2 Å². The van der Waals surface area contributed by atoms with Crippen LogP contribution in [0.3, 0.4) is 0 Å². The maximum Gasteiger partial charge on any atom is 1.00 e. The van der Waals surface area contributed by atoms with Gasteiger partial charge in [0.15, 0.2) is 0 Å². The number of hydrogen-bond acceptors (Lipinski definition) is 5. The number of anilines is 1. The third kappa shape index (κ3) is 11.8. The van der Waals surface area contributed by atoms with E-state index in [1.54, 1.807) is 0 Å². The molecule has 0 N–H and O–H groups in total. The molecule has 1 amide bonds. The molecular formula is C32H48F3N2NaO4. The first-order valence-corrected chi connectivity index (χ1v) is 15.1. The summed E-state index contributed by atoms with van der Waals surface area (Å²) in [6.45, 7) is 8.43. The summed E-state index contributed by atoms with van der Waals surface area (Å²) < 4.78 is 52.7. The maximum absolute atomic E-state index is 13.7. The van der Waals surface area contributed by atoms with Gasteiger partial charge in [0, 0.05) is 11.6 Å². The smallest absolute Gasteiger partial charge is 0.876 e. The molecule has 0 saturated heterocycles. The number of unbranched alkanes of at least 4 members (excludes halogenated alkanes) is 13. The molecule has 0 atom stereocenters. The van der Waals surface area contributed by atoms with Gasteiger partial charge < -0.3 is 14.6 Å². The second-order valence-electron chi connectivity index (χ2n) is 11.8. The number of benzene rings is 1. The Hall–Kier alpha value is -1.71. The minimum absolute atomic E-state index is 0. The van der Waals surface area contributed by atoms with Gasteiger partial charge >= 0.3 is 35.7 Å². The Balaban J connectivity index is 0.00000882. The predicted octanol–water partition coefficient (Wildman–Crippen LogP) is 5.37. The van der Waals surface area contributed by atoms with Crippen molar-refractivity contribution in [3.63, 3.8) is 0 Å². The summed E-state index contributed by atoms with van der Waals surface area (Å²) in [6, 6.07) is 2.98. The van der Waals surface area contributed by atoms with Crippen molar-refractivity contribution in [3.8, 4) is 11.5 Å². The van der Waals surface area contributed by atoms with E-state index in [-0.39, 0.29) is 47.3 Å². The quantitative estimate of drug-likeness (QED) is 0.0978. The van der Waals surface area contributed by atoms with E-state index in [4.69, 9.17) is 9.47 Å². The molecule has 0 fully saturated rings. The van der Waals surface area contributed by atoms with Crippen LogP contribution in [-0.4, -0.2) is 31.6 Å². The van der Waals surface area contributed by atoms with Gasteiger partial charge in [0.25, 0.3) is 5.91 Å². The van der Waals surface area contributed by atoms with Crippen molar-refractivity contribution in [2.45, 2.75) is 129 Å². The van der Waals surface area contributed by atoms with E-state index in [1.165, 1.54) is 89.9 Å². The zero-order valence-corrected chi connectivity index (χ0v) is 28.5. The third-order valence-corrected chi connectivity index (χ3v) is 7.31. The number of rotatable bonds is 18. The number of amides is 1. The Kier molecular flexibility index (Phi) is 17.2. The summed E-state index contributed by atoms with van der Waals surface area (Å²) in [6.07, 6.45) is 12.6. The zero-order valence-electron chi connectivity index (χ0n) is 26.5. The summed E-state index contributed by atoms with van der Waals surface area (Å²) in [5.41, 5.74) is -0.844. The molecule has 2 rings (SSSR count). The summed E-state index contributed by atoms with van der Waals surface area (Å²) in [7, 11) is 1.31. The van der Waals surface area contributed by atoms with Gasteiger partial charge in [-0.3, -0.25) is 9.69 Å². The molecular weight excluding hydrogens is 556 g/mol. The average Bonchev–Trinajstić information content (AvgIpc) is 3.26. The SMILES string of the molecule is CCCCCCCCCCCCCCCCOc1cc(OC)c(N2C(=O)/C(=C\[O-])N=C2C(F)(F)F)cc1C(C)(C)C.[Na+]. The minimum atomic E-state index is -4.95. The van der Waals surface area contributed by atoms with E-state index < -0.39 is 29.0 Å². The monoisotopic (exact) mass is 604 g/mol. The Morgan fingerprint density at radius 1 is 0.857 bits per heavy atom. The van der Waals surface area contributed by atoms with Crippen LogP contribution in [0.1, 0.15) is 123 Å². The van der Waals surface area contributed by atoms with Gasteiger partial charge in [-0.2, -0.15) is 13.2 Å². The summed E-state index contributed by atoms with van der Waals surface area (Å²) in [5.74, 6) is -2.11. The van der Waals surface area contributed by atoms with Crippen LogP contribution >= 0.6 is 0 Å². The third-order valence-electron chi connectivity index (χ3n) is 7.31. The molecule has 0 spiro atoms. The van der Waals surface area contributed by atoms with Crippen LogP contribution in [0.2, 0.25) is 0 Å². The fraction of sp³-hybridized carbons (Fsp3) is 0.688. The van der Waals surface area contributed by atoms with Crippen molar-refractivity contribution in [3.05, 3.63) is 29.7 Å². The number of alkyl halides is 3. The molecule has 1 heterocycles. The molecule has 0 saturated carbocycles. The van der Waals surface area contributed by atoms with Gasteiger partial charge in [-0.05, 0) is 17.9 Å². The number of nitrogens with zero attached hydrogens (tertiary/aromatic N) is 2. The molecule has 1 aliphatic rings. The van der Waals surface area contributed by atoms with Crippen LogP contribution in [0, 0.1) is 0 Å². The van der Waals surface area contributed by atoms with Crippen LogP contribution in [0.4, 0.5) is 18.9 Å². The van der Waals surface area contributed by atoms with Crippen molar-refractivity contribution in [2.24, 2.45) is 4.99 Å². The first-order chi connectivity index (χ1) is 19.5. The van der Waals surface area contributed by atoms with Gasteiger partial charge in [-0.15, -0.1) is 6.26 Å².